The summed E-state index contributed by atoms with van der Waals surface area (Å²) in [7, 11) is 0. The zero-order valence-electron chi connectivity index (χ0n) is 11.2. The molecule has 0 aliphatic rings. The lowest BCUT2D eigenvalue weighted by Crippen LogP contribution is -2.06. The van der Waals surface area contributed by atoms with Gasteiger partial charge in [-0.05, 0) is 59.5 Å². The van der Waals surface area contributed by atoms with Crippen LogP contribution in [0.25, 0.3) is 10.9 Å². The molecule has 0 saturated carbocycles. The minimum absolute atomic E-state index is 0.651. The number of pyridine rings is 1. The van der Waals surface area contributed by atoms with Crippen LogP contribution in [0.3, 0.4) is 0 Å². The van der Waals surface area contributed by atoms with E-state index in [2.05, 4.69) is 50.4 Å². The third kappa shape index (κ3) is 3.98. The van der Waals surface area contributed by atoms with Crippen LogP contribution in [0, 0.1) is 9.49 Å². The number of fused-ring (bicyclic) bond motifs is 1. The summed E-state index contributed by atoms with van der Waals surface area (Å²) in [6.07, 6.45) is 3.98. The Morgan fingerprint density at radius 1 is 1.45 bits per heavy atom. The summed E-state index contributed by atoms with van der Waals surface area (Å²) in [5, 5.41) is 2.70. The topological polar surface area (TPSA) is 22.1 Å². The van der Waals surface area contributed by atoms with Gasteiger partial charge in [0.25, 0.3) is 0 Å². The Hall–Kier alpha value is -0.0700. The summed E-state index contributed by atoms with van der Waals surface area (Å²) < 4.78 is 6.98. The maximum atomic E-state index is 6.25. The van der Waals surface area contributed by atoms with Gasteiger partial charge in [-0.25, -0.2) is 0 Å². The average molecular weight is 469 g/mol. The summed E-state index contributed by atoms with van der Waals surface area (Å²) in [5.74, 6) is 1.50. The van der Waals surface area contributed by atoms with E-state index < -0.39 is 0 Å². The smallest absolute Gasteiger partial charge is 0.158 e. The summed E-state index contributed by atoms with van der Waals surface area (Å²) in [6, 6.07) is 5.80. The lowest BCUT2D eigenvalue weighted by Gasteiger charge is -2.14. The Morgan fingerprint density at radius 2 is 2.25 bits per heavy atom. The van der Waals surface area contributed by atoms with E-state index in [1.54, 1.807) is 6.20 Å². The number of hydrogen-bond acceptors (Lipinski definition) is 2. The van der Waals surface area contributed by atoms with Crippen molar-refractivity contribution in [2.75, 3.05) is 11.9 Å². The van der Waals surface area contributed by atoms with Gasteiger partial charge in [0.1, 0.15) is 5.52 Å². The highest BCUT2D eigenvalue weighted by atomic mass is 127. The van der Waals surface area contributed by atoms with Crippen molar-refractivity contribution in [2.45, 2.75) is 19.8 Å². The van der Waals surface area contributed by atoms with E-state index in [1.165, 1.54) is 6.42 Å². The molecule has 1 unspecified atom stereocenters. The first kappa shape index (κ1) is 16.3. The van der Waals surface area contributed by atoms with Crippen LogP contribution in [0.15, 0.2) is 24.4 Å². The number of hydrogen-bond donors (Lipinski definition) is 0. The van der Waals surface area contributed by atoms with Gasteiger partial charge in [-0.15, -0.1) is 0 Å². The van der Waals surface area contributed by atoms with Crippen molar-refractivity contribution in [1.29, 1.82) is 0 Å². The average Bonchev–Trinajstić information content (AvgIpc) is 2.43. The largest absolute Gasteiger partial charge is 0.490 e. The number of rotatable bonds is 6. The van der Waals surface area contributed by atoms with Crippen molar-refractivity contribution in [3.8, 4) is 5.75 Å². The van der Waals surface area contributed by atoms with Crippen molar-refractivity contribution in [2.24, 2.45) is 5.92 Å². The minimum Gasteiger partial charge on any atom is -0.490 e. The van der Waals surface area contributed by atoms with Crippen LogP contribution >= 0.6 is 50.1 Å². The first-order valence-electron chi connectivity index (χ1n) is 6.55. The van der Waals surface area contributed by atoms with Gasteiger partial charge in [0.05, 0.1) is 15.2 Å². The maximum Gasteiger partial charge on any atom is 0.158 e. The Balaban J connectivity index is 2.17. The molecule has 108 valence electrons. The molecule has 0 aliphatic heterocycles. The lowest BCUT2D eigenvalue weighted by molar-refractivity contribution is 0.283. The number of aromatic nitrogens is 1. The molecular formula is C15H16BrClINO. The molecule has 0 spiro atoms. The third-order valence-electron chi connectivity index (χ3n) is 3.21. The summed E-state index contributed by atoms with van der Waals surface area (Å²) in [4.78, 5) is 4.42. The molecule has 0 radical (unpaired) electrons. The fraction of sp³-hybridized carbons (Fsp3) is 0.400. The Labute approximate surface area is 146 Å². The van der Waals surface area contributed by atoms with Crippen molar-refractivity contribution >= 4 is 61.0 Å². The van der Waals surface area contributed by atoms with E-state index in [1.807, 2.05) is 18.2 Å². The molecule has 1 aromatic heterocycles. The molecule has 0 aliphatic carbocycles. The highest BCUT2D eigenvalue weighted by Crippen LogP contribution is 2.34. The molecule has 0 fully saturated rings. The molecule has 0 amide bonds. The highest BCUT2D eigenvalue weighted by Gasteiger charge is 2.12. The molecule has 0 N–H and O–H groups in total. The molecule has 2 aromatic rings. The predicted octanol–water partition coefficient (Wildman–Crippen LogP) is 5.68. The normalized spacial score (nSPS) is 12.6. The van der Waals surface area contributed by atoms with E-state index in [0.717, 1.165) is 37.0 Å². The predicted molar refractivity (Wildman–Crippen MR) is 97.2 cm³/mol. The van der Waals surface area contributed by atoms with E-state index in [4.69, 9.17) is 16.3 Å². The summed E-state index contributed by atoms with van der Waals surface area (Å²) >= 11 is 12.0. The summed E-state index contributed by atoms with van der Waals surface area (Å²) in [5.41, 5.74) is 0.845. The molecule has 5 heteroatoms. The van der Waals surface area contributed by atoms with Gasteiger partial charge in [-0.3, -0.25) is 4.98 Å². The standard InChI is InChI=1S/C15H16BrClINO/c1-10(4-6-16)5-8-20-15-13(18)9-12(17)11-3-2-7-19-14(11)15/h2-3,7,9-10H,4-6,8H2,1H3. The zero-order chi connectivity index (χ0) is 14.5. The maximum absolute atomic E-state index is 6.25. The molecular weight excluding hydrogens is 452 g/mol. The van der Waals surface area contributed by atoms with Gasteiger partial charge in [0.15, 0.2) is 5.75 Å². The van der Waals surface area contributed by atoms with Crippen LogP contribution in [0.2, 0.25) is 5.02 Å². The zero-order valence-corrected chi connectivity index (χ0v) is 15.7. The number of halogens is 3. The van der Waals surface area contributed by atoms with Crippen LogP contribution < -0.4 is 4.74 Å². The van der Waals surface area contributed by atoms with Crippen molar-refractivity contribution in [3.63, 3.8) is 0 Å². The van der Waals surface area contributed by atoms with Crippen molar-refractivity contribution < 1.29 is 4.74 Å². The Bertz CT molecular complexity index is 593. The fourth-order valence-electron chi connectivity index (χ4n) is 1.98. The lowest BCUT2D eigenvalue weighted by atomic mass is 10.1. The van der Waals surface area contributed by atoms with Gasteiger partial charge in [0.2, 0.25) is 0 Å². The second-order valence-corrected chi connectivity index (χ2v) is 7.15. The molecule has 1 heterocycles. The molecule has 20 heavy (non-hydrogen) atoms. The quantitative estimate of drug-likeness (QED) is 0.402. The van der Waals surface area contributed by atoms with Crippen LogP contribution in [-0.4, -0.2) is 16.9 Å². The molecule has 1 atom stereocenters. The van der Waals surface area contributed by atoms with Gasteiger partial charge in [0, 0.05) is 16.9 Å². The van der Waals surface area contributed by atoms with E-state index in [-0.39, 0.29) is 0 Å². The molecule has 2 nitrogen and oxygen atoms in total. The fourth-order valence-corrected chi connectivity index (χ4v) is 3.93. The highest BCUT2D eigenvalue weighted by molar-refractivity contribution is 14.1. The molecule has 0 bridgehead atoms. The van der Waals surface area contributed by atoms with E-state index >= 15 is 0 Å². The Morgan fingerprint density at radius 3 is 3.00 bits per heavy atom. The van der Waals surface area contributed by atoms with Crippen molar-refractivity contribution in [1.82, 2.24) is 4.98 Å². The number of nitrogens with zero attached hydrogens (tertiary/aromatic N) is 1. The van der Waals surface area contributed by atoms with Crippen LogP contribution in [0.5, 0.6) is 5.75 Å². The third-order valence-corrected chi connectivity index (χ3v) is 4.78. The minimum atomic E-state index is 0.651. The van der Waals surface area contributed by atoms with E-state index in [9.17, 15) is 0 Å². The van der Waals surface area contributed by atoms with Crippen molar-refractivity contribution in [3.05, 3.63) is 33.0 Å². The second-order valence-electron chi connectivity index (χ2n) is 4.79. The first-order chi connectivity index (χ1) is 9.63. The van der Waals surface area contributed by atoms with Gasteiger partial charge in [-0.2, -0.15) is 0 Å². The summed E-state index contributed by atoms with van der Waals surface area (Å²) in [6.45, 7) is 2.95. The first-order valence-corrected chi connectivity index (χ1v) is 9.12. The number of ether oxygens (including phenoxy) is 1. The van der Waals surface area contributed by atoms with Gasteiger partial charge < -0.3 is 4.74 Å². The van der Waals surface area contributed by atoms with Gasteiger partial charge in [-0.1, -0.05) is 34.5 Å². The van der Waals surface area contributed by atoms with Crippen LogP contribution in [0.1, 0.15) is 19.8 Å². The van der Waals surface area contributed by atoms with Gasteiger partial charge >= 0.3 is 0 Å². The van der Waals surface area contributed by atoms with E-state index in [0.29, 0.717) is 12.5 Å². The number of benzene rings is 1. The monoisotopic (exact) mass is 467 g/mol. The SMILES string of the molecule is CC(CCBr)CCOc1c(I)cc(Cl)c2cccnc12. The molecule has 2 rings (SSSR count). The second kappa shape index (κ2) is 7.80. The molecule has 0 saturated heterocycles. The van der Waals surface area contributed by atoms with Crippen LogP contribution in [0.4, 0.5) is 0 Å². The molecule has 1 aromatic carbocycles. The number of alkyl halides is 1. The van der Waals surface area contributed by atoms with Crippen LogP contribution in [-0.2, 0) is 0 Å². The Kier molecular flexibility index (Phi) is 6.36.